The van der Waals surface area contributed by atoms with Gasteiger partial charge in [-0.3, -0.25) is 5.32 Å². The Balaban J connectivity index is 1.41. The first-order valence-electron chi connectivity index (χ1n) is 9.03. The molecule has 1 fully saturated rings. The summed E-state index contributed by atoms with van der Waals surface area (Å²) in [4.78, 5) is 16.1. The third-order valence-electron chi connectivity index (χ3n) is 3.85. The summed E-state index contributed by atoms with van der Waals surface area (Å²) in [5.41, 5.74) is -0.179. The van der Waals surface area contributed by atoms with Crippen molar-refractivity contribution in [3.63, 3.8) is 0 Å². The van der Waals surface area contributed by atoms with Gasteiger partial charge in [-0.1, -0.05) is 11.3 Å². The Hall–Kier alpha value is -3.01. The molecule has 0 atom stereocenters. The van der Waals surface area contributed by atoms with Crippen LogP contribution in [0.3, 0.4) is 0 Å². The van der Waals surface area contributed by atoms with Crippen LogP contribution in [-0.2, 0) is 4.74 Å². The second-order valence-corrected chi connectivity index (χ2v) is 8.41. The highest BCUT2D eigenvalue weighted by atomic mass is 32.1. The van der Waals surface area contributed by atoms with E-state index in [0.29, 0.717) is 28.6 Å². The van der Waals surface area contributed by atoms with Crippen molar-refractivity contribution in [2.75, 3.05) is 5.32 Å². The van der Waals surface area contributed by atoms with Crippen molar-refractivity contribution in [2.24, 2.45) is 0 Å². The van der Waals surface area contributed by atoms with E-state index in [4.69, 9.17) is 13.9 Å². The van der Waals surface area contributed by atoms with Crippen molar-refractivity contribution in [3.05, 3.63) is 35.3 Å². The zero-order valence-corrected chi connectivity index (χ0v) is 16.9. The number of ether oxygens (including phenoxy) is 2. The molecule has 4 rings (SSSR count). The highest BCUT2D eigenvalue weighted by Gasteiger charge is 2.30. The first-order chi connectivity index (χ1) is 13.8. The maximum absolute atomic E-state index is 14.3. The number of hydrogen-bond acceptors (Lipinski definition) is 8. The molecule has 3 aromatic rings. The molecule has 1 aromatic carbocycles. The lowest BCUT2D eigenvalue weighted by Crippen LogP contribution is -2.27. The van der Waals surface area contributed by atoms with Gasteiger partial charge in [-0.05, 0) is 45.7 Å². The van der Waals surface area contributed by atoms with Crippen LogP contribution in [0.5, 0.6) is 10.9 Å². The minimum Gasteiger partial charge on any atom is -0.444 e. The number of nitrogens with one attached hydrogen (secondary N) is 1. The van der Waals surface area contributed by atoms with Gasteiger partial charge in [0.25, 0.3) is 11.1 Å². The molecule has 1 aliphatic rings. The number of anilines is 1. The Labute approximate surface area is 170 Å². The van der Waals surface area contributed by atoms with E-state index in [-0.39, 0.29) is 11.4 Å². The summed E-state index contributed by atoms with van der Waals surface area (Å²) >= 11 is 1.23. The average Bonchev–Trinajstić information content (AvgIpc) is 3.17. The molecular weight excluding hydrogens is 399 g/mol. The number of carbonyl (C=O) groups is 1. The smallest absolute Gasteiger partial charge is 0.412 e. The quantitative estimate of drug-likeness (QED) is 0.596. The molecule has 29 heavy (non-hydrogen) atoms. The second-order valence-electron chi connectivity index (χ2n) is 7.59. The van der Waals surface area contributed by atoms with Crippen molar-refractivity contribution >= 4 is 23.1 Å². The Kier molecular flexibility index (Phi) is 4.95. The summed E-state index contributed by atoms with van der Waals surface area (Å²) in [6, 6.07) is 4.07. The van der Waals surface area contributed by atoms with Crippen LogP contribution in [0, 0.1) is 5.82 Å². The molecule has 1 amide bonds. The lowest BCUT2D eigenvalue weighted by Gasteiger charge is -2.19. The fraction of sp³-hybridized carbons (Fsp3) is 0.368. The van der Waals surface area contributed by atoms with Crippen LogP contribution in [0.2, 0.25) is 0 Å². The van der Waals surface area contributed by atoms with E-state index >= 15 is 0 Å². The Bertz CT molecular complexity index is 1040. The van der Waals surface area contributed by atoms with Gasteiger partial charge >= 0.3 is 6.09 Å². The molecule has 0 aliphatic heterocycles. The van der Waals surface area contributed by atoms with Gasteiger partial charge in [0.15, 0.2) is 5.82 Å². The van der Waals surface area contributed by atoms with Crippen molar-refractivity contribution in [1.82, 2.24) is 15.2 Å². The molecule has 10 heteroatoms. The van der Waals surface area contributed by atoms with Crippen molar-refractivity contribution in [2.45, 2.75) is 45.1 Å². The molecule has 0 saturated heterocycles. The monoisotopic (exact) mass is 418 g/mol. The molecule has 1 N–H and O–H groups in total. The standard InChI is InChI=1S/C19H19FN4O4S/c1-19(2,3)28-17(25)21-13-7-6-11(8-12(13)20)26-18-22-14(9-29-18)16-24-23-15(27-16)10-4-5-10/h6-10H,4-5H2,1-3H3,(H,21,25). The highest BCUT2D eigenvalue weighted by molar-refractivity contribution is 7.11. The van der Waals surface area contributed by atoms with Gasteiger partial charge < -0.3 is 13.9 Å². The molecule has 8 nitrogen and oxygen atoms in total. The minimum atomic E-state index is -0.736. The van der Waals surface area contributed by atoms with Crippen molar-refractivity contribution in [1.29, 1.82) is 0 Å². The number of nitrogens with zero attached hydrogens (tertiary/aromatic N) is 3. The number of aromatic nitrogens is 3. The number of amides is 1. The normalized spacial score (nSPS) is 13.9. The fourth-order valence-electron chi connectivity index (χ4n) is 2.41. The number of benzene rings is 1. The van der Waals surface area contributed by atoms with Crippen LogP contribution in [0.4, 0.5) is 14.9 Å². The molecule has 0 radical (unpaired) electrons. The Morgan fingerprint density at radius 2 is 2.10 bits per heavy atom. The largest absolute Gasteiger partial charge is 0.444 e. The van der Waals surface area contributed by atoms with Gasteiger partial charge in [0.2, 0.25) is 5.89 Å². The molecule has 0 bridgehead atoms. The molecular formula is C19H19FN4O4S. The molecule has 2 aromatic heterocycles. The van der Waals surface area contributed by atoms with Gasteiger partial charge in [0.05, 0.1) is 5.69 Å². The topological polar surface area (TPSA) is 99.4 Å². The molecule has 152 valence electrons. The number of carbonyl (C=O) groups excluding carboxylic acids is 1. The van der Waals surface area contributed by atoms with E-state index in [0.717, 1.165) is 18.9 Å². The van der Waals surface area contributed by atoms with E-state index in [2.05, 4.69) is 20.5 Å². The van der Waals surface area contributed by atoms with Crippen LogP contribution >= 0.6 is 11.3 Å². The lowest BCUT2D eigenvalue weighted by molar-refractivity contribution is 0.0635. The van der Waals surface area contributed by atoms with E-state index < -0.39 is 17.5 Å². The van der Waals surface area contributed by atoms with Gasteiger partial charge in [0.1, 0.15) is 17.0 Å². The third-order valence-corrected chi connectivity index (χ3v) is 4.57. The summed E-state index contributed by atoms with van der Waals surface area (Å²) in [7, 11) is 0. The summed E-state index contributed by atoms with van der Waals surface area (Å²) < 4.78 is 30.6. The first-order valence-corrected chi connectivity index (χ1v) is 9.91. The van der Waals surface area contributed by atoms with Crippen LogP contribution < -0.4 is 10.1 Å². The van der Waals surface area contributed by atoms with E-state index in [1.54, 1.807) is 26.2 Å². The molecule has 0 unspecified atom stereocenters. The highest BCUT2D eigenvalue weighted by Crippen LogP contribution is 2.40. The summed E-state index contributed by atoms with van der Waals surface area (Å²) in [6.07, 6.45) is 1.40. The van der Waals surface area contributed by atoms with E-state index in [9.17, 15) is 9.18 Å². The molecule has 2 heterocycles. The van der Waals surface area contributed by atoms with Crippen LogP contribution in [0.25, 0.3) is 11.6 Å². The zero-order valence-electron chi connectivity index (χ0n) is 16.1. The maximum atomic E-state index is 14.3. The molecule has 1 saturated carbocycles. The van der Waals surface area contributed by atoms with Gasteiger partial charge in [0, 0.05) is 17.4 Å². The van der Waals surface area contributed by atoms with Crippen LogP contribution in [0.15, 0.2) is 28.0 Å². The zero-order chi connectivity index (χ0) is 20.6. The predicted octanol–water partition coefficient (Wildman–Crippen LogP) is 5.35. The third kappa shape index (κ3) is 4.89. The predicted molar refractivity (Wildman–Crippen MR) is 104 cm³/mol. The number of hydrogen-bond donors (Lipinski definition) is 1. The van der Waals surface area contributed by atoms with Gasteiger partial charge in [-0.2, -0.15) is 4.98 Å². The SMILES string of the molecule is CC(C)(C)OC(=O)Nc1ccc(Oc2nc(-c3nnc(C4CC4)o3)cs2)cc1F. The summed E-state index contributed by atoms with van der Waals surface area (Å²) in [6.45, 7) is 5.18. The number of rotatable bonds is 5. The minimum absolute atomic E-state index is 0.00936. The summed E-state index contributed by atoms with van der Waals surface area (Å²) in [5, 5.41) is 12.4. The van der Waals surface area contributed by atoms with E-state index in [1.165, 1.54) is 23.5 Å². The van der Waals surface area contributed by atoms with Gasteiger partial charge in [-0.25, -0.2) is 9.18 Å². The molecule has 1 aliphatic carbocycles. The Morgan fingerprint density at radius 1 is 1.31 bits per heavy atom. The summed E-state index contributed by atoms with van der Waals surface area (Å²) in [5.74, 6) is 0.909. The van der Waals surface area contributed by atoms with Crippen LogP contribution in [0.1, 0.15) is 45.4 Å². The first kappa shape index (κ1) is 19.3. The number of halogens is 1. The fourth-order valence-corrected chi connectivity index (χ4v) is 3.07. The maximum Gasteiger partial charge on any atom is 0.412 e. The van der Waals surface area contributed by atoms with Crippen LogP contribution in [-0.4, -0.2) is 26.9 Å². The van der Waals surface area contributed by atoms with Gasteiger partial charge in [-0.15, -0.1) is 10.2 Å². The van der Waals surface area contributed by atoms with Crippen molar-refractivity contribution in [3.8, 4) is 22.5 Å². The second kappa shape index (κ2) is 7.43. The number of thiazole rings is 1. The molecule has 0 spiro atoms. The lowest BCUT2D eigenvalue weighted by atomic mass is 10.2. The average molecular weight is 418 g/mol. The Morgan fingerprint density at radius 3 is 2.79 bits per heavy atom. The van der Waals surface area contributed by atoms with Crippen molar-refractivity contribution < 1.29 is 23.1 Å². The van der Waals surface area contributed by atoms with E-state index in [1.807, 2.05) is 0 Å².